The smallest absolute Gasteiger partial charge is 0.229 e. The van der Waals surface area contributed by atoms with Crippen molar-refractivity contribution in [1.29, 1.82) is 0 Å². The zero-order chi connectivity index (χ0) is 25.0. The SMILES string of the molecule is CN(C)CCN1CCC(n2cc(Nc3ncc(Cl)c(Nc4ccccc4P(C)(C)=O)n3)cn2)CC1. The summed E-state index contributed by atoms with van der Waals surface area (Å²) in [6.07, 6.45) is 7.51. The Morgan fingerprint density at radius 2 is 1.89 bits per heavy atom. The first-order valence-electron chi connectivity index (χ1n) is 11.8. The van der Waals surface area contributed by atoms with E-state index < -0.39 is 7.14 Å². The summed E-state index contributed by atoms with van der Waals surface area (Å²) in [4.78, 5) is 13.6. The Bertz CT molecular complexity index is 1190. The molecule has 4 rings (SSSR count). The molecule has 35 heavy (non-hydrogen) atoms. The maximum Gasteiger partial charge on any atom is 0.229 e. The molecule has 1 aliphatic rings. The molecule has 1 fully saturated rings. The molecule has 1 aromatic carbocycles. The first-order valence-corrected chi connectivity index (χ1v) is 14.8. The van der Waals surface area contributed by atoms with E-state index in [0.29, 0.717) is 22.8 Å². The van der Waals surface area contributed by atoms with Gasteiger partial charge >= 0.3 is 0 Å². The van der Waals surface area contributed by atoms with Crippen molar-refractivity contribution in [1.82, 2.24) is 29.5 Å². The summed E-state index contributed by atoms with van der Waals surface area (Å²) in [6, 6.07) is 7.88. The number of nitrogens with one attached hydrogen (secondary N) is 2. The molecule has 0 spiro atoms. The molecule has 0 atom stereocenters. The van der Waals surface area contributed by atoms with Crippen LogP contribution in [0, 0.1) is 0 Å². The molecule has 11 heteroatoms. The molecule has 188 valence electrons. The van der Waals surface area contributed by atoms with Gasteiger partial charge in [-0.2, -0.15) is 10.1 Å². The second-order valence-electron chi connectivity index (χ2n) is 9.59. The van der Waals surface area contributed by atoms with Crippen LogP contribution in [0.5, 0.6) is 0 Å². The highest BCUT2D eigenvalue weighted by molar-refractivity contribution is 7.70. The number of likely N-dealkylation sites (N-methyl/N-ethyl adjacent to an activating group) is 1. The molecular formula is C24H34ClN8OP. The Labute approximate surface area is 212 Å². The van der Waals surface area contributed by atoms with Crippen LogP contribution in [0.1, 0.15) is 18.9 Å². The summed E-state index contributed by atoms with van der Waals surface area (Å²) in [6.45, 7) is 7.84. The van der Waals surface area contributed by atoms with E-state index in [9.17, 15) is 4.57 Å². The minimum absolute atomic E-state index is 0.379. The second kappa shape index (κ2) is 11.1. The normalized spacial score (nSPS) is 15.5. The predicted molar refractivity (Wildman–Crippen MR) is 145 cm³/mol. The lowest BCUT2D eigenvalue weighted by molar-refractivity contribution is 0.167. The van der Waals surface area contributed by atoms with Crippen LogP contribution in [0.4, 0.5) is 23.1 Å². The Balaban J connectivity index is 1.41. The molecule has 2 N–H and O–H groups in total. The van der Waals surface area contributed by atoms with E-state index in [1.165, 1.54) is 0 Å². The van der Waals surface area contributed by atoms with Crippen LogP contribution in [-0.2, 0) is 4.57 Å². The largest absolute Gasteiger partial charge is 0.338 e. The van der Waals surface area contributed by atoms with Crippen molar-refractivity contribution in [2.24, 2.45) is 0 Å². The van der Waals surface area contributed by atoms with Crippen LogP contribution in [0.2, 0.25) is 5.02 Å². The van der Waals surface area contributed by atoms with E-state index >= 15 is 0 Å². The van der Waals surface area contributed by atoms with Crippen LogP contribution >= 0.6 is 18.7 Å². The van der Waals surface area contributed by atoms with Gasteiger partial charge in [0.05, 0.1) is 29.8 Å². The molecule has 0 bridgehead atoms. The van der Waals surface area contributed by atoms with Crippen LogP contribution in [0.15, 0.2) is 42.9 Å². The third-order valence-corrected chi connectivity index (χ3v) is 7.96. The quantitative estimate of drug-likeness (QED) is 0.408. The number of rotatable bonds is 9. The average Bonchev–Trinajstić information content (AvgIpc) is 3.28. The summed E-state index contributed by atoms with van der Waals surface area (Å²) in [5.41, 5.74) is 1.54. The van der Waals surface area contributed by atoms with Crippen molar-refractivity contribution < 1.29 is 4.57 Å². The van der Waals surface area contributed by atoms with Crippen LogP contribution in [-0.4, -0.2) is 83.2 Å². The van der Waals surface area contributed by atoms with Crippen molar-refractivity contribution in [2.75, 3.05) is 64.2 Å². The van der Waals surface area contributed by atoms with E-state index in [0.717, 1.165) is 55.7 Å². The Morgan fingerprint density at radius 3 is 2.60 bits per heavy atom. The Hall–Kier alpha value is -2.45. The van der Waals surface area contributed by atoms with Crippen molar-refractivity contribution in [3.8, 4) is 0 Å². The average molecular weight is 517 g/mol. The lowest BCUT2D eigenvalue weighted by atomic mass is 10.1. The second-order valence-corrected chi connectivity index (χ2v) is 13.2. The highest BCUT2D eigenvalue weighted by Gasteiger charge is 2.21. The van der Waals surface area contributed by atoms with Gasteiger partial charge in [0.15, 0.2) is 5.82 Å². The molecule has 0 aliphatic carbocycles. The van der Waals surface area contributed by atoms with Crippen LogP contribution < -0.4 is 15.9 Å². The number of piperidine rings is 1. The number of hydrogen-bond donors (Lipinski definition) is 2. The highest BCUT2D eigenvalue weighted by Crippen LogP contribution is 2.38. The van der Waals surface area contributed by atoms with Crippen molar-refractivity contribution in [3.63, 3.8) is 0 Å². The molecular weight excluding hydrogens is 483 g/mol. The number of aromatic nitrogens is 4. The number of nitrogens with zero attached hydrogens (tertiary/aromatic N) is 6. The molecule has 3 heterocycles. The van der Waals surface area contributed by atoms with Gasteiger partial charge in [-0.3, -0.25) is 4.68 Å². The van der Waals surface area contributed by atoms with Gasteiger partial charge in [0, 0.05) is 37.7 Å². The molecule has 2 aromatic heterocycles. The van der Waals surface area contributed by atoms with E-state index in [4.69, 9.17) is 11.6 Å². The summed E-state index contributed by atoms with van der Waals surface area (Å²) in [5.74, 6) is 0.853. The van der Waals surface area contributed by atoms with E-state index in [1.54, 1.807) is 25.7 Å². The Morgan fingerprint density at radius 1 is 1.14 bits per heavy atom. The number of benzene rings is 1. The van der Waals surface area contributed by atoms with Gasteiger partial charge in [-0.25, -0.2) is 4.98 Å². The maximum atomic E-state index is 12.7. The fraction of sp³-hybridized carbons (Fsp3) is 0.458. The van der Waals surface area contributed by atoms with Crippen molar-refractivity contribution in [3.05, 3.63) is 47.9 Å². The number of halogens is 1. The summed E-state index contributed by atoms with van der Waals surface area (Å²) < 4.78 is 14.7. The number of likely N-dealkylation sites (tertiary alicyclic amines) is 1. The van der Waals surface area contributed by atoms with Gasteiger partial charge in [0.2, 0.25) is 5.95 Å². The predicted octanol–water partition coefficient (Wildman–Crippen LogP) is 4.26. The standard InChI is InChI=1S/C24H34ClN8OP/c1-31(2)13-14-32-11-9-19(10-12-32)33-17-18(15-27-33)28-24-26-16-20(25)23(30-24)29-21-7-5-6-8-22(21)35(3,4)34/h5-8,15-17,19H,9-14H2,1-4H3,(H2,26,28,29,30). The fourth-order valence-electron chi connectivity index (χ4n) is 4.17. The topological polar surface area (TPSA) is 91.2 Å². The van der Waals surface area contributed by atoms with Gasteiger partial charge in [0.1, 0.15) is 12.2 Å². The summed E-state index contributed by atoms with van der Waals surface area (Å²) in [7, 11) is 1.75. The van der Waals surface area contributed by atoms with Gasteiger partial charge in [-0.1, -0.05) is 23.7 Å². The molecule has 0 saturated carbocycles. The zero-order valence-electron chi connectivity index (χ0n) is 20.8. The molecule has 3 aromatic rings. The molecule has 1 saturated heterocycles. The molecule has 0 amide bonds. The van der Waals surface area contributed by atoms with Gasteiger partial charge < -0.3 is 25.0 Å². The highest BCUT2D eigenvalue weighted by atomic mass is 35.5. The summed E-state index contributed by atoms with van der Waals surface area (Å²) in [5, 5.41) is 12.2. The fourth-order valence-corrected chi connectivity index (χ4v) is 5.47. The minimum Gasteiger partial charge on any atom is -0.338 e. The Kier molecular flexibility index (Phi) is 8.12. The van der Waals surface area contributed by atoms with Gasteiger partial charge in [-0.15, -0.1) is 0 Å². The molecule has 0 unspecified atom stereocenters. The van der Waals surface area contributed by atoms with Crippen LogP contribution in [0.3, 0.4) is 0 Å². The van der Waals surface area contributed by atoms with E-state index in [1.807, 2.05) is 35.1 Å². The monoisotopic (exact) mass is 516 g/mol. The maximum absolute atomic E-state index is 12.7. The van der Waals surface area contributed by atoms with Gasteiger partial charge in [0.25, 0.3) is 0 Å². The van der Waals surface area contributed by atoms with E-state index in [-0.39, 0.29) is 0 Å². The van der Waals surface area contributed by atoms with Gasteiger partial charge in [-0.05, 0) is 52.4 Å². The van der Waals surface area contributed by atoms with Crippen molar-refractivity contribution in [2.45, 2.75) is 18.9 Å². The van der Waals surface area contributed by atoms with Crippen molar-refractivity contribution >= 4 is 47.2 Å². The van der Waals surface area contributed by atoms with Crippen LogP contribution in [0.25, 0.3) is 0 Å². The molecule has 9 nitrogen and oxygen atoms in total. The molecule has 0 radical (unpaired) electrons. The molecule has 1 aliphatic heterocycles. The summed E-state index contributed by atoms with van der Waals surface area (Å²) >= 11 is 6.37. The first-order chi connectivity index (χ1) is 16.7. The van der Waals surface area contributed by atoms with E-state index in [2.05, 4.69) is 49.6 Å². The third kappa shape index (κ3) is 6.82. The number of para-hydroxylation sites is 1. The first kappa shape index (κ1) is 25.6. The lowest BCUT2D eigenvalue weighted by Crippen LogP contribution is -2.38. The minimum atomic E-state index is -2.48. The number of hydrogen-bond acceptors (Lipinski definition) is 8. The lowest BCUT2D eigenvalue weighted by Gasteiger charge is -2.32. The zero-order valence-corrected chi connectivity index (χ0v) is 22.4. The number of anilines is 4. The third-order valence-electron chi connectivity index (χ3n) is 6.13.